The third kappa shape index (κ3) is 8.95. The minimum absolute atomic E-state index is 0.0332. The summed E-state index contributed by atoms with van der Waals surface area (Å²) in [5, 5.41) is 5.47. The van der Waals surface area contributed by atoms with Gasteiger partial charge in [-0.2, -0.15) is 13.2 Å². The van der Waals surface area contributed by atoms with Crippen LogP contribution in [0.3, 0.4) is 0 Å². The minimum atomic E-state index is -5.11. The van der Waals surface area contributed by atoms with Crippen LogP contribution in [0.5, 0.6) is 0 Å². The summed E-state index contributed by atoms with van der Waals surface area (Å²) in [6, 6.07) is 22.7. The molecule has 40 heavy (non-hydrogen) atoms. The molecule has 0 saturated heterocycles. The van der Waals surface area contributed by atoms with E-state index in [4.69, 9.17) is 11.6 Å². The highest BCUT2D eigenvalue weighted by molar-refractivity contribution is 6.30. The molecule has 3 rings (SSSR count). The molecule has 2 N–H and O–H groups in total. The molecule has 0 radical (unpaired) electrons. The second kappa shape index (κ2) is 14.1. The van der Waals surface area contributed by atoms with Gasteiger partial charge in [0.05, 0.1) is 6.04 Å². The molecule has 2 unspecified atom stereocenters. The standard InChI is InChI=1S/C31H32ClF3N2O3/c1-20(2)28(29(39)31(33,34)35)37-30(40)26(17-16-21-10-5-3-6-11-21)36-27(38)19-25(22-12-7-4-8-13-22)23-14-9-15-24(32)18-23/h3-15,18,20,25-26,28H,16-17,19H2,1-2H3,(H,36,38)(H,37,40)/t25?,26?,28-/m0/s1. The maximum absolute atomic E-state index is 13.4. The number of aryl methyl sites for hydroxylation is 1. The largest absolute Gasteiger partial charge is 0.452 e. The van der Waals surface area contributed by atoms with E-state index in [9.17, 15) is 27.6 Å². The molecule has 2 amide bonds. The molecule has 0 bridgehead atoms. The number of Topliss-reactive ketones (excluding diaryl/α,β-unsaturated/α-hetero) is 1. The van der Waals surface area contributed by atoms with Crippen molar-refractivity contribution >= 4 is 29.2 Å². The molecule has 3 atom stereocenters. The first kappa shape index (κ1) is 30.9. The van der Waals surface area contributed by atoms with Crippen molar-refractivity contribution in [1.82, 2.24) is 10.6 Å². The lowest BCUT2D eigenvalue weighted by atomic mass is 9.88. The van der Waals surface area contributed by atoms with E-state index in [-0.39, 0.29) is 18.8 Å². The fourth-order valence-corrected chi connectivity index (χ4v) is 4.66. The summed E-state index contributed by atoms with van der Waals surface area (Å²) in [5.41, 5.74) is 2.55. The fraction of sp³-hybridized carbons (Fsp3) is 0.323. The maximum atomic E-state index is 13.4. The molecule has 0 aliphatic carbocycles. The van der Waals surface area contributed by atoms with E-state index in [0.29, 0.717) is 11.4 Å². The predicted molar refractivity (Wildman–Crippen MR) is 149 cm³/mol. The molecule has 5 nitrogen and oxygen atoms in total. The van der Waals surface area contributed by atoms with Crippen molar-refractivity contribution in [2.24, 2.45) is 5.92 Å². The number of ketones is 1. The highest BCUT2D eigenvalue weighted by Crippen LogP contribution is 2.30. The molecular weight excluding hydrogens is 541 g/mol. The Kier molecular flexibility index (Phi) is 10.9. The summed E-state index contributed by atoms with van der Waals surface area (Å²) < 4.78 is 39.6. The first-order valence-electron chi connectivity index (χ1n) is 13.0. The molecule has 3 aromatic rings. The highest BCUT2D eigenvalue weighted by Gasteiger charge is 2.45. The van der Waals surface area contributed by atoms with Crippen LogP contribution in [0, 0.1) is 5.92 Å². The molecule has 0 saturated carbocycles. The quantitative estimate of drug-likeness (QED) is 0.269. The Morgan fingerprint density at radius 3 is 2.00 bits per heavy atom. The maximum Gasteiger partial charge on any atom is 0.452 e. The Balaban J connectivity index is 1.83. The van der Waals surface area contributed by atoms with E-state index in [2.05, 4.69) is 10.6 Å². The van der Waals surface area contributed by atoms with Crippen LogP contribution in [0.25, 0.3) is 0 Å². The van der Waals surface area contributed by atoms with Gasteiger partial charge < -0.3 is 10.6 Å². The summed E-state index contributed by atoms with van der Waals surface area (Å²) in [7, 11) is 0. The minimum Gasteiger partial charge on any atom is -0.344 e. The van der Waals surface area contributed by atoms with Crippen LogP contribution in [-0.2, 0) is 20.8 Å². The van der Waals surface area contributed by atoms with Crippen molar-refractivity contribution < 1.29 is 27.6 Å². The average Bonchev–Trinajstić information content (AvgIpc) is 2.92. The van der Waals surface area contributed by atoms with Gasteiger partial charge in [-0.1, -0.05) is 98.2 Å². The number of alkyl halides is 3. The van der Waals surface area contributed by atoms with Crippen molar-refractivity contribution in [3.8, 4) is 0 Å². The number of rotatable bonds is 12. The smallest absolute Gasteiger partial charge is 0.344 e. The predicted octanol–water partition coefficient (Wildman–Crippen LogP) is 6.25. The van der Waals surface area contributed by atoms with E-state index in [1.165, 1.54) is 13.8 Å². The number of carbonyl (C=O) groups excluding carboxylic acids is 3. The van der Waals surface area contributed by atoms with Gasteiger partial charge >= 0.3 is 6.18 Å². The summed E-state index contributed by atoms with van der Waals surface area (Å²) in [6.07, 6.45) is -4.63. The van der Waals surface area contributed by atoms with E-state index >= 15 is 0 Å². The van der Waals surface area contributed by atoms with Crippen LogP contribution in [0.4, 0.5) is 13.2 Å². The Morgan fingerprint density at radius 2 is 1.43 bits per heavy atom. The van der Waals surface area contributed by atoms with Gasteiger partial charge in [-0.3, -0.25) is 14.4 Å². The Hall–Kier alpha value is -3.65. The van der Waals surface area contributed by atoms with Gasteiger partial charge in [0.25, 0.3) is 5.78 Å². The number of hydrogen-bond donors (Lipinski definition) is 2. The van der Waals surface area contributed by atoms with Crippen molar-refractivity contribution in [2.75, 3.05) is 0 Å². The number of amides is 2. The van der Waals surface area contributed by atoms with Gasteiger partial charge in [-0.05, 0) is 47.6 Å². The Labute approximate surface area is 237 Å². The molecule has 0 heterocycles. The van der Waals surface area contributed by atoms with Crippen LogP contribution in [0.1, 0.15) is 49.3 Å². The van der Waals surface area contributed by atoms with Crippen LogP contribution < -0.4 is 10.6 Å². The number of carbonyl (C=O) groups is 3. The highest BCUT2D eigenvalue weighted by atomic mass is 35.5. The number of nitrogens with one attached hydrogen (secondary N) is 2. The SMILES string of the molecule is CC(C)[C@H](NC(=O)C(CCc1ccccc1)NC(=O)CC(c1ccccc1)c1cccc(Cl)c1)C(=O)C(F)(F)F. The first-order valence-corrected chi connectivity index (χ1v) is 13.4. The van der Waals surface area contributed by atoms with Crippen LogP contribution >= 0.6 is 11.6 Å². The molecular formula is C31H32ClF3N2O3. The first-order chi connectivity index (χ1) is 19.0. The van der Waals surface area contributed by atoms with Gasteiger partial charge in [0, 0.05) is 17.4 Å². The fourth-order valence-electron chi connectivity index (χ4n) is 4.47. The van der Waals surface area contributed by atoms with Gasteiger partial charge in [-0.15, -0.1) is 0 Å². The average molecular weight is 573 g/mol. The molecule has 0 aliphatic heterocycles. The van der Waals surface area contributed by atoms with Crippen molar-refractivity contribution in [2.45, 2.75) is 57.3 Å². The van der Waals surface area contributed by atoms with Crippen molar-refractivity contribution in [3.63, 3.8) is 0 Å². The summed E-state index contributed by atoms with van der Waals surface area (Å²) in [6.45, 7) is 2.84. The van der Waals surface area contributed by atoms with Gasteiger partial charge in [0.1, 0.15) is 6.04 Å². The van der Waals surface area contributed by atoms with Crippen molar-refractivity contribution in [1.29, 1.82) is 0 Å². The van der Waals surface area contributed by atoms with Crippen LogP contribution in [-0.4, -0.2) is 35.9 Å². The molecule has 0 aromatic heterocycles. The van der Waals surface area contributed by atoms with E-state index < -0.39 is 41.8 Å². The third-order valence-electron chi connectivity index (χ3n) is 6.59. The lowest BCUT2D eigenvalue weighted by Gasteiger charge is -2.26. The normalized spacial score (nSPS) is 13.8. The summed E-state index contributed by atoms with van der Waals surface area (Å²) in [5.74, 6) is -4.54. The summed E-state index contributed by atoms with van der Waals surface area (Å²) in [4.78, 5) is 38.6. The molecule has 0 aliphatic rings. The number of halogens is 4. The molecule has 0 fully saturated rings. The van der Waals surface area contributed by atoms with E-state index in [1.807, 2.05) is 66.7 Å². The Morgan fingerprint density at radius 1 is 0.825 bits per heavy atom. The van der Waals surface area contributed by atoms with Crippen molar-refractivity contribution in [3.05, 3.63) is 107 Å². The summed E-state index contributed by atoms with van der Waals surface area (Å²) >= 11 is 6.21. The lowest BCUT2D eigenvalue weighted by Crippen LogP contribution is -2.55. The molecule has 0 spiro atoms. The third-order valence-corrected chi connectivity index (χ3v) is 6.82. The van der Waals surface area contributed by atoms with Gasteiger partial charge in [0.15, 0.2) is 0 Å². The zero-order valence-electron chi connectivity index (χ0n) is 22.3. The lowest BCUT2D eigenvalue weighted by molar-refractivity contribution is -0.175. The van der Waals surface area contributed by atoms with E-state index in [0.717, 1.165) is 16.7 Å². The van der Waals surface area contributed by atoms with Gasteiger partial charge in [0.2, 0.25) is 11.8 Å². The molecule has 212 valence electrons. The molecule has 3 aromatic carbocycles. The zero-order valence-corrected chi connectivity index (χ0v) is 23.0. The monoisotopic (exact) mass is 572 g/mol. The second-order valence-electron chi connectivity index (χ2n) is 9.96. The Bertz CT molecular complexity index is 1280. The topological polar surface area (TPSA) is 75.3 Å². The van der Waals surface area contributed by atoms with Gasteiger partial charge in [-0.25, -0.2) is 0 Å². The van der Waals surface area contributed by atoms with Crippen LogP contribution in [0.2, 0.25) is 5.02 Å². The zero-order chi connectivity index (χ0) is 29.3. The number of benzene rings is 3. The van der Waals surface area contributed by atoms with E-state index in [1.54, 1.807) is 18.2 Å². The number of hydrogen-bond acceptors (Lipinski definition) is 3. The second-order valence-corrected chi connectivity index (χ2v) is 10.4. The van der Waals surface area contributed by atoms with Crippen LogP contribution in [0.15, 0.2) is 84.9 Å². The molecule has 9 heteroatoms.